The first-order valence-electron chi connectivity index (χ1n) is 8.87. The Morgan fingerprint density at radius 2 is 2.12 bits per heavy atom. The molecule has 0 radical (unpaired) electrons. The first kappa shape index (κ1) is 15.1. The Kier molecular flexibility index (Phi) is 3.31. The average molecular weight is 345 g/mol. The third-order valence-electron chi connectivity index (χ3n) is 5.20. The van der Waals surface area contributed by atoms with E-state index < -0.39 is 0 Å². The molecule has 0 bridgehead atoms. The van der Waals surface area contributed by atoms with Crippen molar-refractivity contribution < 1.29 is 4.79 Å². The Morgan fingerprint density at radius 3 is 3.00 bits per heavy atom. The van der Waals surface area contributed by atoms with Crippen LogP contribution in [-0.2, 0) is 0 Å². The molecule has 5 rings (SSSR count). The maximum atomic E-state index is 12.9. The number of pyridine rings is 1. The van der Waals surface area contributed by atoms with Crippen LogP contribution in [0.25, 0.3) is 22.1 Å². The van der Waals surface area contributed by atoms with E-state index >= 15 is 0 Å². The summed E-state index contributed by atoms with van der Waals surface area (Å²) in [6, 6.07) is 14.0. The van der Waals surface area contributed by atoms with Gasteiger partial charge in [0, 0.05) is 30.2 Å². The van der Waals surface area contributed by atoms with E-state index in [1.165, 1.54) is 0 Å². The number of aryl methyl sites for hydroxylation is 1. The van der Waals surface area contributed by atoms with E-state index in [1.54, 1.807) is 6.20 Å². The number of rotatable bonds is 2. The van der Waals surface area contributed by atoms with E-state index in [2.05, 4.69) is 19.5 Å². The Bertz CT molecular complexity index is 1090. The smallest absolute Gasteiger partial charge is 0.270 e. The molecule has 1 aliphatic rings. The van der Waals surface area contributed by atoms with E-state index in [9.17, 15) is 4.79 Å². The zero-order chi connectivity index (χ0) is 17.7. The predicted octanol–water partition coefficient (Wildman–Crippen LogP) is 3.31. The fourth-order valence-electron chi connectivity index (χ4n) is 3.98. The Hall–Kier alpha value is -3.15. The Morgan fingerprint density at radius 1 is 1.23 bits per heavy atom. The minimum absolute atomic E-state index is 0.0544. The summed E-state index contributed by atoms with van der Waals surface area (Å²) >= 11 is 0. The monoisotopic (exact) mass is 345 g/mol. The van der Waals surface area contributed by atoms with E-state index in [-0.39, 0.29) is 11.9 Å². The lowest BCUT2D eigenvalue weighted by molar-refractivity contribution is 0.0783. The number of likely N-dealkylation sites (tertiary alicyclic amines) is 1. The van der Waals surface area contributed by atoms with Gasteiger partial charge in [-0.2, -0.15) is 0 Å². The van der Waals surface area contributed by atoms with Crippen molar-refractivity contribution in [1.82, 2.24) is 24.4 Å². The number of hydrogen-bond donors (Lipinski definition) is 1. The highest BCUT2D eigenvalue weighted by molar-refractivity contribution is 5.98. The molecule has 1 amide bonds. The highest BCUT2D eigenvalue weighted by atomic mass is 16.2. The summed E-state index contributed by atoms with van der Waals surface area (Å²) in [6.07, 6.45) is 2.71. The number of amides is 1. The van der Waals surface area contributed by atoms with Crippen LogP contribution in [-0.4, -0.2) is 43.4 Å². The molecular formula is C20H19N5O. The largest absolute Gasteiger partial charge is 0.351 e. The standard InChI is InChI=1S/C20H19N5O/c1-13-22-17-7-4-9-21-19(17)25(13)15-8-10-24(12-15)20(26)18-11-14-5-2-3-6-16(14)23-18/h2-7,9,11,15,23H,8,10,12H2,1H3/t15-/m1/s1. The second-order valence-electron chi connectivity index (χ2n) is 6.84. The molecule has 1 aromatic carbocycles. The normalized spacial score (nSPS) is 17.4. The van der Waals surface area contributed by atoms with Crippen molar-refractivity contribution in [2.75, 3.05) is 13.1 Å². The molecule has 3 aromatic heterocycles. The third kappa shape index (κ3) is 2.29. The maximum absolute atomic E-state index is 12.9. The molecule has 1 saturated heterocycles. The highest BCUT2D eigenvalue weighted by Crippen LogP contribution is 2.28. The molecular weight excluding hydrogens is 326 g/mol. The molecule has 0 spiro atoms. The van der Waals surface area contributed by atoms with Crippen molar-refractivity contribution in [3.05, 3.63) is 60.2 Å². The van der Waals surface area contributed by atoms with E-state index in [0.717, 1.165) is 40.9 Å². The minimum atomic E-state index is 0.0544. The molecule has 1 aliphatic heterocycles. The molecule has 1 atom stereocenters. The summed E-state index contributed by atoms with van der Waals surface area (Å²) < 4.78 is 2.17. The number of carbonyl (C=O) groups excluding carboxylic acids is 1. The third-order valence-corrected chi connectivity index (χ3v) is 5.20. The lowest BCUT2D eigenvalue weighted by Crippen LogP contribution is -2.29. The number of nitrogens with zero attached hydrogens (tertiary/aromatic N) is 4. The summed E-state index contributed by atoms with van der Waals surface area (Å²) in [5.74, 6) is 1.00. The Labute approximate surface area is 150 Å². The quantitative estimate of drug-likeness (QED) is 0.606. The van der Waals surface area contributed by atoms with Gasteiger partial charge >= 0.3 is 0 Å². The molecule has 6 nitrogen and oxygen atoms in total. The van der Waals surface area contributed by atoms with Crippen LogP contribution in [0.4, 0.5) is 0 Å². The lowest BCUT2D eigenvalue weighted by atomic mass is 10.2. The molecule has 130 valence electrons. The van der Waals surface area contributed by atoms with E-state index in [4.69, 9.17) is 0 Å². The summed E-state index contributed by atoms with van der Waals surface area (Å²) in [6.45, 7) is 3.42. The van der Waals surface area contributed by atoms with E-state index in [1.807, 2.05) is 54.3 Å². The van der Waals surface area contributed by atoms with Crippen molar-refractivity contribution in [3.63, 3.8) is 0 Å². The second-order valence-corrected chi connectivity index (χ2v) is 6.84. The van der Waals surface area contributed by atoms with Crippen molar-refractivity contribution in [2.45, 2.75) is 19.4 Å². The van der Waals surface area contributed by atoms with Gasteiger partial charge < -0.3 is 14.5 Å². The Balaban J connectivity index is 1.43. The number of H-pyrrole nitrogens is 1. The minimum Gasteiger partial charge on any atom is -0.351 e. The van der Waals surface area contributed by atoms with Crippen LogP contribution in [0.2, 0.25) is 0 Å². The molecule has 1 fully saturated rings. The predicted molar refractivity (Wildman–Crippen MR) is 100 cm³/mol. The van der Waals surface area contributed by atoms with Crippen molar-refractivity contribution in [2.24, 2.45) is 0 Å². The van der Waals surface area contributed by atoms with Gasteiger partial charge in [-0.1, -0.05) is 18.2 Å². The average Bonchev–Trinajstić information content (AvgIpc) is 3.36. The van der Waals surface area contributed by atoms with Gasteiger partial charge in [-0.25, -0.2) is 9.97 Å². The molecule has 1 N–H and O–H groups in total. The highest BCUT2D eigenvalue weighted by Gasteiger charge is 2.30. The van der Waals surface area contributed by atoms with Crippen LogP contribution < -0.4 is 0 Å². The van der Waals surface area contributed by atoms with Crippen LogP contribution >= 0.6 is 0 Å². The van der Waals surface area contributed by atoms with Crippen molar-refractivity contribution >= 4 is 28.0 Å². The lowest BCUT2D eigenvalue weighted by Gasteiger charge is -2.17. The number of para-hydroxylation sites is 1. The van der Waals surface area contributed by atoms with Crippen LogP contribution in [0.3, 0.4) is 0 Å². The number of hydrogen-bond acceptors (Lipinski definition) is 3. The van der Waals surface area contributed by atoms with Gasteiger partial charge in [0.1, 0.15) is 17.0 Å². The first-order chi connectivity index (χ1) is 12.7. The number of imidazole rings is 1. The summed E-state index contributed by atoms with van der Waals surface area (Å²) in [5, 5.41) is 1.06. The topological polar surface area (TPSA) is 66.8 Å². The number of aromatic amines is 1. The first-order valence-corrected chi connectivity index (χ1v) is 8.87. The second kappa shape index (κ2) is 5.69. The van der Waals surface area contributed by atoms with Crippen molar-refractivity contribution in [1.29, 1.82) is 0 Å². The summed E-state index contributed by atoms with van der Waals surface area (Å²) in [7, 11) is 0. The molecule has 4 aromatic rings. The number of aromatic nitrogens is 4. The van der Waals surface area contributed by atoms with Gasteiger partial charge in [-0.3, -0.25) is 4.79 Å². The number of nitrogens with one attached hydrogen (secondary N) is 1. The molecule has 0 saturated carbocycles. The fourth-order valence-corrected chi connectivity index (χ4v) is 3.98. The van der Waals surface area contributed by atoms with Gasteiger partial charge in [0.25, 0.3) is 5.91 Å². The van der Waals surface area contributed by atoms with Crippen molar-refractivity contribution in [3.8, 4) is 0 Å². The fraction of sp³-hybridized carbons (Fsp3) is 0.250. The number of carbonyl (C=O) groups is 1. The van der Waals surface area contributed by atoms with Gasteiger partial charge in [0.15, 0.2) is 5.65 Å². The molecule has 6 heteroatoms. The maximum Gasteiger partial charge on any atom is 0.270 e. The van der Waals surface area contributed by atoms with Gasteiger partial charge in [-0.15, -0.1) is 0 Å². The van der Waals surface area contributed by atoms with E-state index in [0.29, 0.717) is 12.2 Å². The van der Waals surface area contributed by atoms with Gasteiger partial charge in [0.2, 0.25) is 0 Å². The van der Waals surface area contributed by atoms with Crippen LogP contribution in [0.5, 0.6) is 0 Å². The molecule has 4 heterocycles. The molecule has 0 unspecified atom stereocenters. The number of benzene rings is 1. The van der Waals surface area contributed by atoms with Crippen LogP contribution in [0.1, 0.15) is 28.8 Å². The molecule has 26 heavy (non-hydrogen) atoms. The number of fused-ring (bicyclic) bond motifs is 2. The summed E-state index contributed by atoms with van der Waals surface area (Å²) in [4.78, 5) is 27.2. The molecule has 0 aliphatic carbocycles. The summed E-state index contributed by atoms with van der Waals surface area (Å²) in [5.41, 5.74) is 3.45. The van der Waals surface area contributed by atoms with Crippen LogP contribution in [0.15, 0.2) is 48.7 Å². The SMILES string of the molecule is Cc1nc2cccnc2n1[C@@H]1CCN(C(=O)c2cc3ccccc3[nH]2)C1. The van der Waals surface area contributed by atoms with Gasteiger partial charge in [0.05, 0.1) is 6.04 Å². The van der Waals surface area contributed by atoms with Crippen LogP contribution in [0, 0.1) is 6.92 Å². The van der Waals surface area contributed by atoms with Gasteiger partial charge in [-0.05, 0) is 37.6 Å². The zero-order valence-electron chi connectivity index (χ0n) is 14.5. The zero-order valence-corrected chi connectivity index (χ0v) is 14.5.